The van der Waals surface area contributed by atoms with Crippen molar-refractivity contribution in [1.82, 2.24) is 19.2 Å². The van der Waals surface area contributed by atoms with Gasteiger partial charge in [-0.15, -0.1) is 5.10 Å². The molecule has 1 aromatic carbocycles. The molecule has 1 aromatic heterocycles. The van der Waals surface area contributed by atoms with Crippen LogP contribution >= 0.6 is 0 Å². The van der Waals surface area contributed by atoms with Crippen LogP contribution in [0.5, 0.6) is 0 Å². The molecule has 3 fully saturated rings. The van der Waals surface area contributed by atoms with Gasteiger partial charge in [-0.1, -0.05) is 12.1 Å². The Morgan fingerprint density at radius 2 is 1.86 bits per heavy atom. The molecule has 1 saturated carbocycles. The monoisotopic (exact) mass is 533 g/mol. The van der Waals surface area contributed by atoms with Crippen molar-refractivity contribution >= 4 is 16.0 Å². The lowest BCUT2D eigenvalue weighted by Crippen LogP contribution is -2.56. The number of ether oxygens (including phenoxy) is 2. The van der Waals surface area contributed by atoms with Gasteiger partial charge < -0.3 is 14.4 Å². The summed E-state index contributed by atoms with van der Waals surface area (Å²) in [6, 6.07) is 10.5. The van der Waals surface area contributed by atoms with E-state index in [0.29, 0.717) is 58.3 Å². The van der Waals surface area contributed by atoms with Gasteiger partial charge in [0, 0.05) is 44.3 Å². The quantitative estimate of drug-likeness (QED) is 0.557. The second-order valence-electron chi connectivity index (χ2n) is 10.2. The zero-order chi connectivity index (χ0) is 25.7. The van der Waals surface area contributed by atoms with Crippen LogP contribution in [0.25, 0.3) is 0 Å². The van der Waals surface area contributed by atoms with E-state index in [4.69, 9.17) is 9.47 Å². The lowest BCUT2D eigenvalue weighted by Gasteiger charge is -2.40. The van der Waals surface area contributed by atoms with E-state index in [-0.39, 0.29) is 23.9 Å². The third-order valence-corrected chi connectivity index (χ3v) is 9.41. The third kappa shape index (κ3) is 6.83. The van der Waals surface area contributed by atoms with Crippen molar-refractivity contribution in [2.75, 3.05) is 50.9 Å². The lowest BCUT2D eigenvalue weighted by molar-refractivity contribution is -0.00239. The molecular formula is C26H36FN5O4S. The SMILES string of the molecule is O=S(=O)(N[C@H]1CCN(c2cccnn2)C[C@H]1COC1CCC(c2cccc(F)c2)CC1)N1CCOCC1. The van der Waals surface area contributed by atoms with Gasteiger partial charge in [-0.2, -0.15) is 22.5 Å². The fraction of sp³-hybridized carbons (Fsp3) is 0.615. The van der Waals surface area contributed by atoms with Crippen molar-refractivity contribution in [3.8, 4) is 0 Å². The highest BCUT2D eigenvalue weighted by molar-refractivity contribution is 7.87. The van der Waals surface area contributed by atoms with E-state index in [0.717, 1.165) is 37.1 Å². The minimum Gasteiger partial charge on any atom is -0.379 e. The van der Waals surface area contributed by atoms with Crippen LogP contribution < -0.4 is 9.62 Å². The minimum absolute atomic E-state index is 0.0347. The molecule has 3 heterocycles. The average molecular weight is 534 g/mol. The van der Waals surface area contributed by atoms with Gasteiger partial charge in [-0.25, -0.2) is 4.39 Å². The zero-order valence-corrected chi connectivity index (χ0v) is 21.9. The van der Waals surface area contributed by atoms with Gasteiger partial charge in [-0.3, -0.25) is 0 Å². The van der Waals surface area contributed by atoms with E-state index in [9.17, 15) is 12.8 Å². The van der Waals surface area contributed by atoms with E-state index < -0.39 is 10.2 Å². The standard InChI is InChI=1S/C26H36FN5O4S/c27-23-4-1-3-21(17-23)20-6-8-24(9-7-20)36-19-22-18-31(26-5-2-11-28-29-26)12-10-25(22)30-37(33,34)32-13-15-35-16-14-32/h1-5,11,17,20,22,24-25,30H,6-10,12-16,18-19H2/t20?,22-,24?,25-/m0/s1. The molecule has 1 N–H and O–H groups in total. The van der Waals surface area contributed by atoms with Gasteiger partial charge in [0.05, 0.1) is 25.9 Å². The summed E-state index contributed by atoms with van der Waals surface area (Å²) in [5.74, 6) is 0.918. The number of anilines is 1. The Kier molecular flexibility index (Phi) is 8.66. The Bertz CT molecular complexity index is 1110. The summed E-state index contributed by atoms with van der Waals surface area (Å²) in [5.41, 5.74) is 1.06. The lowest BCUT2D eigenvalue weighted by atomic mass is 9.82. The van der Waals surface area contributed by atoms with E-state index in [1.54, 1.807) is 18.3 Å². The normalized spacial score (nSPS) is 27.8. The number of hydrogen-bond acceptors (Lipinski definition) is 7. The highest BCUT2D eigenvalue weighted by Crippen LogP contribution is 2.35. The molecule has 11 heteroatoms. The Morgan fingerprint density at radius 3 is 2.59 bits per heavy atom. The molecule has 0 spiro atoms. The number of nitrogens with zero attached hydrogens (tertiary/aromatic N) is 4. The molecule has 2 atom stereocenters. The smallest absolute Gasteiger partial charge is 0.279 e. The topological polar surface area (TPSA) is 96.9 Å². The van der Waals surface area contributed by atoms with E-state index >= 15 is 0 Å². The second-order valence-corrected chi connectivity index (χ2v) is 11.9. The molecule has 1 aliphatic carbocycles. The summed E-state index contributed by atoms with van der Waals surface area (Å²) in [4.78, 5) is 2.15. The van der Waals surface area contributed by atoms with E-state index in [2.05, 4.69) is 19.8 Å². The largest absolute Gasteiger partial charge is 0.379 e. The number of aromatic nitrogens is 2. The van der Waals surface area contributed by atoms with Crippen molar-refractivity contribution in [3.63, 3.8) is 0 Å². The van der Waals surface area contributed by atoms with Crippen LogP contribution in [0.3, 0.4) is 0 Å². The summed E-state index contributed by atoms with van der Waals surface area (Å²) in [6.07, 6.45) is 6.15. The summed E-state index contributed by atoms with van der Waals surface area (Å²) in [5, 5.41) is 8.26. The molecule has 37 heavy (non-hydrogen) atoms. The maximum Gasteiger partial charge on any atom is 0.279 e. The second kappa shape index (κ2) is 12.1. The molecule has 2 saturated heterocycles. The van der Waals surface area contributed by atoms with E-state index in [1.807, 2.05) is 18.2 Å². The average Bonchev–Trinajstić information content (AvgIpc) is 2.93. The maximum absolute atomic E-state index is 13.7. The zero-order valence-electron chi connectivity index (χ0n) is 21.0. The van der Waals surface area contributed by atoms with Gasteiger partial charge in [0.2, 0.25) is 0 Å². The first kappa shape index (κ1) is 26.4. The predicted molar refractivity (Wildman–Crippen MR) is 138 cm³/mol. The Balaban J connectivity index is 1.21. The van der Waals surface area contributed by atoms with Gasteiger partial charge >= 0.3 is 0 Å². The number of halogens is 1. The number of morpholine rings is 1. The van der Waals surface area contributed by atoms with Gasteiger partial charge in [0.15, 0.2) is 5.82 Å². The van der Waals surface area contributed by atoms with Gasteiger partial charge in [0.25, 0.3) is 10.2 Å². The van der Waals surface area contributed by atoms with Crippen molar-refractivity contribution < 1.29 is 22.3 Å². The summed E-state index contributed by atoms with van der Waals surface area (Å²) >= 11 is 0. The molecule has 0 bridgehead atoms. The third-order valence-electron chi connectivity index (χ3n) is 7.77. The first-order chi connectivity index (χ1) is 18.0. The summed E-state index contributed by atoms with van der Waals surface area (Å²) < 4.78 is 56.0. The van der Waals surface area contributed by atoms with Crippen LogP contribution in [0.2, 0.25) is 0 Å². The number of nitrogens with one attached hydrogen (secondary N) is 1. The van der Waals surface area contributed by atoms with Crippen LogP contribution in [0.15, 0.2) is 42.6 Å². The Morgan fingerprint density at radius 1 is 1.05 bits per heavy atom. The van der Waals surface area contributed by atoms with Crippen LogP contribution in [-0.2, 0) is 19.7 Å². The highest BCUT2D eigenvalue weighted by Gasteiger charge is 2.36. The van der Waals surface area contributed by atoms with Crippen LogP contribution in [0, 0.1) is 11.7 Å². The number of piperidine rings is 1. The predicted octanol–water partition coefficient (Wildman–Crippen LogP) is 2.72. The Labute approximate surface area is 218 Å². The number of rotatable bonds is 8. The summed E-state index contributed by atoms with van der Waals surface area (Å²) in [7, 11) is -3.61. The van der Waals surface area contributed by atoms with Crippen LogP contribution in [-0.4, -0.2) is 81.1 Å². The van der Waals surface area contributed by atoms with Crippen LogP contribution in [0.1, 0.15) is 43.6 Å². The van der Waals surface area contributed by atoms with Gasteiger partial charge in [-0.05, 0) is 67.9 Å². The van der Waals surface area contributed by atoms with Crippen molar-refractivity contribution in [1.29, 1.82) is 0 Å². The Hall–Kier alpha value is -2.18. The molecule has 5 rings (SSSR count). The van der Waals surface area contributed by atoms with Crippen molar-refractivity contribution in [2.24, 2.45) is 5.92 Å². The summed E-state index contributed by atoms with van der Waals surface area (Å²) in [6.45, 7) is 3.33. The molecule has 202 valence electrons. The van der Waals surface area contributed by atoms with Gasteiger partial charge in [0.1, 0.15) is 5.82 Å². The number of benzene rings is 1. The van der Waals surface area contributed by atoms with Crippen molar-refractivity contribution in [3.05, 3.63) is 54.0 Å². The number of hydrogen-bond donors (Lipinski definition) is 1. The fourth-order valence-electron chi connectivity index (χ4n) is 5.66. The van der Waals surface area contributed by atoms with E-state index in [1.165, 1.54) is 10.4 Å². The molecule has 3 aliphatic rings. The van der Waals surface area contributed by atoms with Crippen molar-refractivity contribution in [2.45, 2.75) is 50.2 Å². The first-order valence-electron chi connectivity index (χ1n) is 13.2. The molecule has 0 radical (unpaired) electrons. The first-order valence-corrected chi connectivity index (χ1v) is 14.7. The molecule has 2 aliphatic heterocycles. The maximum atomic E-state index is 13.7. The fourth-order valence-corrected chi connectivity index (χ4v) is 7.13. The minimum atomic E-state index is -3.61. The molecule has 0 amide bonds. The molecule has 2 aromatic rings. The molecular weight excluding hydrogens is 497 g/mol. The molecule has 0 unspecified atom stereocenters. The van der Waals surface area contributed by atoms with Crippen LogP contribution in [0.4, 0.5) is 10.2 Å². The molecule has 9 nitrogen and oxygen atoms in total. The highest BCUT2D eigenvalue weighted by atomic mass is 32.2.